The highest BCUT2D eigenvalue weighted by molar-refractivity contribution is 6.42. The SMILES string of the molecule is NC1=CC(c2ccc(Cl)c(Cl)c2)=NC1. The minimum Gasteiger partial charge on any atom is -0.400 e. The Kier molecular flexibility index (Phi) is 2.48. The van der Waals surface area contributed by atoms with Crippen LogP contribution in [0.2, 0.25) is 10.0 Å². The van der Waals surface area contributed by atoms with Crippen LogP contribution >= 0.6 is 23.2 Å². The molecule has 1 aromatic carbocycles. The Morgan fingerprint density at radius 1 is 1.21 bits per heavy atom. The third kappa shape index (κ3) is 1.76. The summed E-state index contributed by atoms with van der Waals surface area (Å²) in [6.07, 6.45) is 1.85. The first-order chi connectivity index (χ1) is 6.66. The average molecular weight is 227 g/mol. The van der Waals surface area contributed by atoms with Gasteiger partial charge in [0.05, 0.1) is 22.3 Å². The van der Waals surface area contributed by atoms with Gasteiger partial charge in [0.25, 0.3) is 0 Å². The van der Waals surface area contributed by atoms with Crippen LogP contribution in [0.15, 0.2) is 35.0 Å². The number of nitrogens with two attached hydrogens (primary N) is 1. The maximum atomic E-state index is 5.89. The molecule has 2 rings (SSSR count). The standard InChI is InChI=1S/C10H8Cl2N2/c11-8-2-1-6(3-9(8)12)10-4-7(13)5-14-10/h1-4H,5,13H2. The molecule has 0 aromatic heterocycles. The fourth-order valence-corrected chi connectivity index (χ4v) is 1.57. The monoisotopic (exact) mass is 226 g/mol. The van der Waals surface area contributed by atoms with Gasteiger partial charge in [-0.2, -0.15) is 0 Å². The molecule has 2 nitrogen and oxygen atoms in total. The Labute approximate surface area is 92.0 Å². The van der Waals surface area contributed by atoms with Crippen molar-refractivity contribution in [2.45, 2.75) is 0 Å². The van der Waals surface area contributed by atoms with Gasteiger partial charge >= 0.3 is 0 Å². The molecule has 1 aromatic rings. The maximum Gasteiger partial charge on any atom is 0.0792 e. The molecule has 72 valence electrons. The summed E-state index contributed by atoms with van der Waals surface area (Å²) in [6.45, 7) is 0.565. The van der Waals surface area contributed by atoms with E-state index in [0.717, 1.165) is 17.0 Å². The molecule has 4 heteroatoms. The lowest BCUT2D eigenvalue weighted by molar-refractivity contribution is 1.14. The van der Waals surface area contributed by atoms with E-state index in [1.54, 1.807) is 12.1 Å². The molecule has 0 aliphatic carbocycles. The summed E-state index contributed by atoms with van der Waals surface area (Å²) in [5.74, 6) is 0. The number of nitrogens with zero attached hydrogens (tertiary/aromatic N) is 1. The number of aliphatic imine (C=N–C) groups is 1. The van der Waals surface area contributed by atoms with Crippen LogP contribution in [0.3, 0.4) is 0 Å². The minimum absolute atomic E-state index is 0.533. The Bertz CT molecular complexity index is 436. The molecule has 14 heavy (non-hydrogen) atoms. The van der Waals surface area contributed by atoms with E-state index in [-0.39, 0.29) is 0 Å². The van der Waals surface area contributed by atoms with E-state index in [1.807, 2.05) is 12.1 Å². The number of rotatable bonds is 1. The molecule has 1 aliphatic heterocycles. The second kappa shape index (κ2) is 3.64. The normalized spacial score (nSPS) is 15.3. The Hall–Kier alpha value is -0.990. The zero-order valence-corrected chi connectivity index (χ0v) is 8.81. The smallest absolute Gasteiger partial charge is 0.0792 e. The highest BCUT2D eigenvalue weighted by atomic mass is 35.5. The molecule has 2 N–H and O–H groups in total. The van der Waals surface area contributed by atoms with Crippen molar-refractivity contribution in [3.05, 3.63) is 45.6 Å². The summed E-state index contributed by atoms with van der Waals surface area (Å²) in [7, 11) is 0. The van der Waals surface area contributed by atoms with Crippen LogP contribution in [0.4, 0.5) is 0 Å². The number of hydrogen-bond acceptors (Lipinski definition) is 2. The van der Waals surface area contributed by atoms with Crippen molar-refractivity contribution in [1.82, 2.24) is 0 Å². The first-order valence-corrected chi connectivity index (χ1v) is 4.88. The van der Waals surface area contributed by atoms with E-state index in [2.05, 4.69) is 4.99 Å². The molecule has 0 unspecified atom stereocenters. The van der Waals surface area contributed by atoms with Crippen molar-refractivity contribution in [3.8, 4) is 0 Å². The van der Waals surface area contributed by atoms with Crippen molar-refractivity contribution in [1.29, 1.82) is 0 Å². The first kappa shape index (κ1) is 9.56. The summed E-state index contributed by atoms with van der Waals surface area (Å²) >= 11 is 11.7. The molecule has 1 aliphatic rings. The van der Waals surface area contributed by atoms with Gasteiger partial charge in [0.2, 0.25) is 0 Å². The lowest BCUT2D eigenvalue weighted by atomic mass is 10.1. The van der Waals surface area contributed by atoms with Crippen molar-refractivity contribution in [2.75, 3.05) is 6.54 Å². The molecule has 0 spiro atoms. The van der Waals surface area contributed by atoms with Gasteiger partial charge in [-0.15, -0.1) is 0 Å². The second-order valence-electron chi connectivity index (χ2n) is 3.05. The van der Waals surface area contributed by atoms with E-state index in [0.29, 0.717) is 16.6 Å². The molecule has 0 radical (unpaired) electrons. The van der Waals surface area contributed by atoms with E-state index >= 15 is 0 Å². The highest BCUT2D eigenvalue weighted by Gasteiger charge is 2.08. The van der Waals surface area contributed by atoms with Crippen LogP contribution in [0.1, 0.15) is 5.56 Å². The summed E-state index contributed by atoms with van der Waals surface area (Å²) in [6, 6.07) is 5.42. The van der Waals surface area contributed by atoms with Gasteiger partial charge in [-0.05, 0) is 18.2 Å². The zero-order valence-electron chi connectivity index (χ0n) is 7.30. The van der Waals surface area contributed by atoms with E-state index in [4.69, 9.17) is 28.9 Å². The van der Waals surface area contributed by atoms with Gasteiger partial charge in [-0.25, -0.2) is 0 Å². The maximum absolute atomic E-state index is 5.89. The van der Waals surface area contributed by atoms with Crippen LogP contribution in [-0.2, 0) is 0 Å². The number of halogens is 2. The molecule has 0 atom stereocenters. The summed E-state index contributed by atoms with van der Waals surface area (Å²) in [5, 5.41) is 1.08. The largest absolute Gasteiger partial charge is 0.400 e. The molecular formula is C10H8Cl2N2. The zero-order chi connectivity index (χ0) is 10.1. The van der Waals surface area contributed by atoms with Crippen LogP contribution in [0, 0.1) is 0 Å². The van der Waals surface area contributed by atoms with Crippen molar-refractivity contribution >= 4 is 28.9 Å². The lowest BCUT2D eigenvalue weighted by Gasteiger charge is -2.00. The second-order valence-corrected chi connectivity index (χ2v) is 3.86. The molecule has 0 saturated heterocycles. The van der Waals surface area contributed by atoms with Gasteiger partial charge in [-0.3, -0.25) is 4.99 Å². The predicted molar refractivity (Wildman–Crippen MR) is 60.1 cm³/mol. The fourth-order valence-electron chi connectivity index (χ4n) is 1.27. The summed E-state index contributed by atoms with van der Waals surface area (Å²) in [5.41, 5.74) is 8.19. The Morgan fingerprint density at radius 2 is 2.00 bits per heavy atom. The van der Waals surface area contributed by atoms with Gasteiger partial charge in [-0.1, -0.05) is 29.3 Å². The van der Waals surface area contributed by atoms with E-state index in [1.165, 1.54) is 0 Å². The molecule has 1 heterocycles. The van der Waals surface area contributed by atoms with Crippen molar-refractivity contribution in [2.24, 2.45) is 10.7 Å². The van der Waals surface area contributed by atoms with Gasteiger partial charge < -0.3 is 5.73 Å². The third-order valence-corrected chi connectivity index (χ3v) is 2.71. The Morgan fingerprint density at radius 3 is 2.57 bits per heavy atom. The van der Waals surface area contributed by atoms with Crippen LogP contribution in [0.5, 0.6) is 0 Å². The average Bonchev–Trinajstić information content (AvgIpc) is 2.57. The highest BCUT2D eigenvalue weighted by Crippen LogP contribution is 2.23. The quantitative estimate of drug-likeness (QED) is 0.786. The fraction of sp³-hybridized carbons (Fsp3) is 0.100. The lowest BCUT2D eigenvalue weighted by Crippen LogP contribution is -1.97. The summed E-state index contributed by atoms with van der Waals surface area (Å²) in [4.78, 5) is 4.26. The molecule has 0 saturated carbocycles. The van der Waals surface area contributed by atoms with Gasteiger partial charge in [0.1, 0.15) is 0 Å². The van der Waals surface area contributed by atoms with Crippen molar-refractivity contribution < 1.29 is 0 Å². The third-order valence-electron chi connectivity index (χ3n) is 1.97. The van der Waals surface area contributed by atoms with Crippen molar-refractivity contribution in [3.63, 3.8) is 0 Å². The minimum atomic E-state index is 0.533. The van der Waals surface area contributed by atoms with Gasteiger partial charge in [0, 0.05) is 11.3 Å². The topological polar surface area (TPSA) is 38.4 Å². The van der Waals surface area contributed by atoms with Crippen LogP contribution in [-0.4, -0.2) is 12.3 Å². The first-order valence-electron chi connectivity index (χ1n) is 4.13. The van der Waals surface area contributed by atoms with Crippen LogP contribution < -0.4 is 5.73 Å². The molecule has 0 fully saturated rings. The molecule has 0 amide bonds. The number of hydrogen-bond donors (Lipinski definition) is 1. The number of allylic oxidation sites excluding steroid dienone is 1. The van der Waals surface area contributed by atoms with Crippen LogP contribution in [0.25, 0.3) is 0 Å². The summed E-state index contributed by atoms with van der Waals surface area (Å²) < 4.78 is 0. The Balaban J connectivity index is 2.39. The van der Waals surface area contributed by atoms with E-state index in [9.17, 15) is 0 Å². The predicted octanol–water partition coefficient (Wildman–Crippen LogP) is 2.64. The molecular weight excluding hydrogens is 219 g/mol. The molecule has 0 bridgehead atoms. The number of benzene rings is 1. The van der Waals surface area contributed by atoms with E-state index < -0.39 is 0 Å². The van der Waals surface area contributed by atoms with Gasteiger partial charge in [0.15, 0.2) is 0 Å².